The van der Waals surface area contributed by atoms with Gasteiger partial charge in [-0.15, -0.1) is 0 Å². The van der Waals surface area contributed by atoms with Crippen LogP contribution < -0.4 is 0 Å². The molecule has 0 saturated carbocycles. The predicted octanol–water partition coefficient (Wildman–Crippen LogP) is 1.18. The molecular formula is C18H24N4O3. The van der Waals surface area contributed by atoms with Gasteiger partial charge < -0.3 is 24.6 Å². The monoisotopic (exact) mass is 344 g/mol. The van der Waals surface area contributed by atoms with Crippen LogP contribution >= 0.6 is 0 Å². The molecule has 25 heavy (non-hydrogen) atoms. The molecule has 2 aromatic rings. The first-order chi connectivity index (χ1) is 11.6. The van der Waals surface area contributed by atoms with E-state index in [0.29, 0.717) is 5.69 Å². The van der Waals surface area contributed by atoms with Crippen LogP contribution in [0.4, 0.5) is 0 Å². The number of nitrogens with zero attached hydrogens (tertiary/aromatic N) is 4. The minimum atomic E-state index is -0.873. The molecule has 7 nitrogen and oxygen atoms in total. The van der Waals surface area contributed by atoms with Crippen molar-refractivity contribution < 1.29 is 15.4 Å². The molecule has 0 amide bonds. The number of likely N-dealkylation sites (tertiary alicyclic amines) is 1. The van der Waals surface area contributed by atoms with Gasteiger partial charge in [0.25, 0.3) is 0 Å². The molecule has 134 valence electrons. The van der Waals surface area contributed by atoms with Crippen molar-refractivity contribution in [2.75, 3.05) is 20.1 Å². The Morgan fingerprint density at radius 3 is 2.56 bits per heavy atom. The Hall–Kier alpha value is -2.38. The van der Waals surface area contributed by atoms with Crippen LogP contribution in [-0.2, 0) is 20.0 Å². The molecule has 2 aliphatic rings. The number of carboxylic acid groups (broad SMARTS) is 1. The fourth-order valence-electron chi connectivity index (χ4n) is 3.92. The topological polar surface area (TPSA) is 94.8 Å². The number of imidazole rings is 1. The first-order valence-corrected chi connectivity index (χ1v) is 8.40. The summed E-state index contributed by atoms with van der Waals surface area (Å²) in [4.78, 5) is 18.5. The van der Waals surface area contributed by atoms with Gasteiger partial charge in [-0.3, -0.25) is 0 Å². The number of aromatic carboxylic acids is 1. The van der Waals surface area contributed by atoms with Gasteiger partial charge >= 0.3 is 5.97 Å². The maximum absolute atomic E-state index is 11.6. The third kappa shape index (κ3) is 2.79. The van der Waals surface area contributed by atoms with Crippen LogP contribution in [0.5, 0.6) is 0 Å². The minimum Gasteiger partial charge on any atom is -0.477 e. The Balaban J connectivity index is 0.00000182. The van der Waals surface area contributed by atoms with Crippen molar-refractivity contribution in [2.45, 2.75) is 25.8 Å². The Bertz CT molecular complexity index is 837. The van der Waals surface area contributed by atoms with Crippen molar-refractivity contribution in [2.24, 2.45) is 7.05 Å². The van der Waals surface area contributed by atoms with E-state index < -0.39 is 5.97 Å². The molecule has 0 aliphatic carbocycles. The number of hydrogen-bond acceptors (Lipinski definition) is 3. The molecule has 2 aliphatic heterocycles. The number of carbonyl (C=O) groups is 1. The summed E-state index contributed by atoms with van der Waals surface area (Å²) in [6, 6.07) is 1.84. The molecule has 3 N–H and O–H groups in total. The molecule has 0 radical (unpaired) electrons. The van der Waals surface area contributed by atoms with Crippen LogP contribution in [0.1, 0.15) is 40.4 Å². The second-order valence-electron chi connectivity index (χ2n) is 6.73. The van der Waals surface area contributed by atoms with Gasteiger partial charge in [-0.2, -0.15) is 0 Å². The lowest BCUT2D eigenvalue weighted by molar-refractivity contribution is 0.0686. The number of fused-ring (bicyclic) bond motifs is 2. The molecule has 1 fully saturated rings. The fourth-order valence-corrected chi connectivity index (χ4v) is 3.92. The average Bonchev–Trinajstić information content (AvgIpc) is 3.10. The summed E-state index contributed by atoms with van der Waals surface area (Å²) in [6.45, 7) is 2.90. The maximum Gasteiger partial charge on any atom is 0.352 e. The van der Waals surface area contributed by atoms with Crippen LogP contribution in [0, 0.1) is 0 Å². The van der Waals surface area contributed by atoms with Gasteiger partial charge in [0.15, 0.2) is 0 Å². The van der Waals surface area contributed by atoms with Crippen LogP contribution in [0.25, 0.3) is 5.57 Å². The zero-order valence-electron chi connectivity index (χ0n) is 14.6. The third-order valence-electron chi connectivity index (χ3n) is 5.32. The van der Waals surface area contributed by atoms with E-state index in [-0.39, 0.29) is 5.48 Å². The largest absolute Gasteiger partial charge is 0.477 e. The van der Waals surface area contributed by atoms with Crippen LogP contribution in [0.2, 0.25) is 0 Å². The van der Waals surface area contributed by atoms with Crippen LogP contribution in [0.3, 0.4) is 0 Å². The van der Waals surface area contributed by atoms with Crippen LogP contribution in [0.15, 0.2) is 24.0 Å². The Morgan fingerprint density at radius 1 is 1.16 bits per heavy atom. The van der Waals surface area contributed by atoms with Gasteiger partial charge in [-0.05, 0) is 26.0 Å². The Morgan fingerprint density at radius 2 is 1.88 bits per heavy atom. The van der Waals surface area contributed by atoms with Crippen molar-refractivity contribution in [3.8, 4) is 0 Å². The lowest BCUT2D eigenvalue weighted by Gasteiger charge is -2.26. The van der Waals surface area contributed by atoms with E-state index in [9.17, 15) is 9.90 Å². The van der Waals surface area contributed by atoms with Gasteiger partial charge in [0, 0.05) is 62.3 Å². The van der Waals surface area contributed by atoms with E-state index in [1.807, 2.05) is 30.1 Å². The van der Waals surface area contributed by atoms with E-state index in [2.05, 4.69) is 21.5 Å². The zero-order chi connectivity index (χ0) is 16.8. The number of aryl methyl sites for hydroxylation is 1. The first kappa shape index (κ1) is 17.4. The molecule has 4 rings (SSSR count). The van der Waals surface area contributed by atoms with Crippen molar-refractivity contribution in [3.63, 3.8) is 0 Å². The molecule has 0 spiro atoms. The van der Waals surface area contributed by atoms with Crippen molar-refractivity contribution in [1.29, 1.82) is 0 Å². The molecule has 2 aromatic heterocycles. The maximum atomic E-state index is 11.6. The first-order valence-electron chi connectivity index (χ1n) is 8.40. The Kier molecular flexibility index (Phi) is 4.53. The fraction of sp³-hybridized carbons (Fsp3) is 0.444. The standard InChI is InChI=1S/C18H22N4O2.H2O/c1-20-7-3-12(4-8-20)16-13-11-15(18(23)24)21(2)14(13)5-9-22-10-6-19-17(16)22;/h6,10-11H,3-5,7-9H2,1-2H3,(H,23,24);1H2. The number of piperidine rings is 1. The normalized spacial score (nSPS) is 17.5. The second kappa shape index (κ2) is 6.50. The van der Waals surface area contributed by atoms with Crippen molar-refractivity contribution in [1.82, 2.24) is 19.0 Å². The summed E-state index contributed by atoms with van der Waals surface area (Å²) in [5.74, 6) is 0.109. The quantitative estimate of drug-likeness (QED) is 0.840. The highest BCUT2D eigenvalue weighted by Crippen LogP contribution is 2.36. The van der Waals surface area contributed by atoms with Gasteiger partial charge in [0.05, 0.1) is 0 Å². The van der Waals surface area contributed by atoms with Gasteiger partial charge in [-0.1, -0.05) is 5.57 Å². The van der Waals surface area contributed by atoms with E-state index in [4.69, 9.17) is 0 Å². The van der Waals surface area contributed by atoms with E-state index in [1.165, 1.54) is 5.57 Å². The highest BCUT2D eigenvalue weighted by Gasteiger charge is 2.28. The summed E-state index contributed by atoms with van der Waals surface area (Å²) in [6.07, 6.45) is 6.70. The van der Waals surface area contributed by atoms with Crippen molar-refractivity contribution >= 4 is 11.5 Å². The number of aromatic nitrogens is 3. The highest BCUT2D eigenvalue weighted by molar-refractivity contribution is 5.90. The van der Waals surface area contributed by atoms with E-state index in [1.54, 1.807) is 0 Å². The van der Waals surface area contributed by atoms with Gasteiger partial charge in [0.1, 0.15) is 11.5 Å². The highest BCUT2D eigenvalue weighted by atomic mass is 16.4. The number of rotatable bonds is 1. The third-order valence-corrected chi connectivity index (χ3v) is 5.32. The molecule has 1 saturated heterocycles. The summed E-state index contributed by atoms with van der Waals surface area (Å²) in [5.41, 5.74) is 5.06. The molecular weight excluding hydrogens is 320 g/mol. The number of carboxylic acids is 1. The summed E-state index contributed by atoms with van der Waals surface area (Å²) < 4.78 is 4.03. The average molecular weight is 344 g/mol. The second-order valence-corrected chi connectivity index (χ2v) is 6.73. The molecule has 7 heteroatoms. The minimum absolute atomic E-state index is 0. The summed E-state index contributed by atoms with van der Waals surface area (Å²) >= 11 is 0. The summed E-state index contributed by atoms with van der Waals surface area (Å²) in [5, 5.41) is 9.51. The zero-order valence-corrected chi connectivity index (χ0v) is 14.6. The smallest absolute Gasteiger partial charge is 0.352 e. The molecule has 4 heterocycles. The molecule has 0 atom stereocenters. The lowest BCUT2D eigenvalue weighted by Crippen LogP contribution is -2.27. The van der Waals surface area contributed by atoms with Gasteiger partial charge in [0.2, 0.25) is 0 Å². The molecule has 0 bridgehead atoms. The van der Waals surface area contributed by atoms with Gasteiger partial charge in [-0.25, -0.2) is 9.78 Å². The van der Waals surface area contributed by atoms with E-state index >= 15 is 0 Å². The molecule has 0 aromatic carbocycles. The number of hydrogen-bond donors (Lipinski definition) is 1. The lowest BCUT2D eigenvalue weighted by atomic mass is 9.92. The predicted molar refractivity (Wildman–Crippen MR) is 94.7 cm³/mol. The van der Waals surface area contributed by atoms with E-state index in [0.717, 1.165) is 61.6 Å². The van der Waals surface area contributed by atoms with Crippen molar-refractivity contribution in [3.05, 3.63) is 46.8 Å². The Labute approximate surface area is 146 Å². The van der Waals surface area contributed by atoms with Crippen LogP contribution in [-0.4, -0.2) is 55.7 Å². The SMILES string of the molecule is CN1CCC(=C2c3cc(C(=O)O)n(C)c3CCn3ccnc32)CC1.O. The molecule has 0 unspecified atom stereocenters. The summed E-state index contributed by atoms with van der Waals surface area (Å²) in [7, 11) is 4.00.